The predicted octanol–water partition coefficient (Wildman–Crippen LogP) is 0.788. The minimum absolute atomic E-state index is 0.00750. The molecule has 1 saturated carbocycles. The molecule has 2 aliphatic rings. The fourth-order valence-electron chi connectivity index (χ4n) is 2.83. The molecule has 0 aromatic heterocycles. The lowest BCUT2D eigenvalue weighted by Crippen LogP contribution is -2.43. The Labute approximate surface area is 95.6 Å². The monoisotopic (exact) mass is 225 g/mol. The van der Waals surface area contributed by atoms with Crippen LogP contribution in [-0.4, -0.2) is 34.5 Å². The quantitative estimate of drug-likeness (QED) is 0.722. The molecule has 4 unspecified atom stereocenters. The van der Waals surface area contributed by atoms with E-state index in [0.717, 1.165) is 19.3 Å². The lowest BCUT2D eigenvalue weighted by atomic mass is 10.00. The second kappa shape index (κ2) is 4.17. The summed E-state index contributed by atoms with van der Waals surface area (Å²) in [4.78, 5) is 25.6. The van der Waals surface area contributed by atoms with Gasteiger partial charge >= 0.3 is 0 Å². The van der Waals surface area contributed by atoms with Gasteiger partial charge in [-0.25, -0.2) is 0 Å². The molecular weight excluding hydrogens is 206 g/mol. The van der Waals surface area contributed by atoms with Gasteiger partial charge in [-0.05, 0) is 25.7 Å². The van der Waals surface area contributed by atoms with Crippen LogP contribution < -0.4 is 0 Å². The van der Waals surface area contributed by atoms with E-state index in [-0.39, 0.29) is 42.2 Å². The van der Waals surface area contributed by atoms with Crippen LogP contribution in [0.15, 0.2) is 0 Å². The summed E-state index contributed by atoms with van der Waals surface area (Å²) in [5, 5.41) is 9.09. The maximum atomic E-state index is 12.1. The number of hydrogen-bond donors (Lipinski definition) is 1. The van der Waals surface area contributed by atoms with Crippen molar-refractivity contribution in [2.45, 2.75) is 39.2 Å². The highest BCUT2D eigenvalue weighted by Gasteiger charge is 2.51. The first kappa shape index (κ1) is 11.6. The Kier molecular flexibility index (Phi) is 3.02. The van der Waals surface area contributed by atoms with Crippen molar-refractivity contribution < 1.29 is 14.7 Å². The smallest absolute Gasteiger partial charge is 0.233 e. The summed E-state index contributed by atoms with van der Waals surface area (Å²) < 4.78 is 0. The van der Waals surface area contributed by atoms with Gasteiger partial charge in [-0.1, -0.05) is 13.3 Å². The van der Waals surface area contributed by atoms with Crippen molar-refractivity contribution in [1.82, 2.24) is 4.90 Å². The van der Waals surface area contributed by atoms with Gasteiger partial charge in [-0.3, -0.25) is 14.5 Å². The number of imide groups is 1. The van der Waals surface area contributed by atoms with Gasteiger partial charge < -0.3 is 5.11 Å². The van der Waals surface area contributed by atoms with E-state index in [1.54, 1.807) is 0 Å². The molecule has 16 heavy (non-hydrogen) atoms. The Morgan fingerprint density at radius 2 is 1.75 bits per heavy atom. The predicted molar refractivity (Wildman–Crippen MR) is 58.4 cm³/mol. The molecule has 4 atom stereocenters. The number of fused-ring (bicyclic) bond motifs is 1. The number of hydrogen-bond acceptors (Lipinski definition) is 3. The summed E-state index contributed by atoms with van der Waals surface area (Å²) in [6.07, 6.45) is 2.70. The lowest BCUT2D eigenvalue weighted by Gasteiger charge is -2.27. The maximum Gasteiger partial charge on any atom is 0.233 e. The van der Waals surface area contributed by atoms with Gasteiger partial charge in [0.25, 0.3) is 0 Å². The van der Waals surface area contributed by atoms with E-state index in [0.29, 0.717) is 0 Å². The zero-order valence-corrected chi connectivity index (χ0v) is 9.85. The van der Waals surface area contributed by atoms with Gasteiger partial charge in [0.15, 0.2) is 0 Å². The van der Waals surface area contributed by atoms with Crippen molar-refractivity contribution in [3.05, 3.63) is 0 Å². The molecule has 4 heteroatoms. The van der Waals surface area contributed by atoms with Gasteiger partial charge in [-0.2, -0.15) is 0 Å². The van der Waals surface area contributed by atoms with Crippen LogP contribution >= 0.6 is 0 Å². The van der Waals surface area contributed by atoms with E-state index >= 15 is 0 Å². The third-order valence-electron chi connectivity index (χ3n) is 4.14. The minimum atomic E-state index is -0.185. The molecule has 0 aromatic carbocycles. The van der Waals surface area contributed by atoms with E-state index in [9.17, 15) is 9.59 Å². The van der Waals surface area contributed by atoms with Crippen molar-refractivity contribution in [3.63, 3.8) is 0 Å². The highest BCUT2D eigenvalue weighted by atomic mass is 16.3. The van der Waals surface area contributed by atoms with Crippen LogP contribution in [0.3, 0.4) is 0 Å². The molecule has 2 amide bonds. The summed E-state index contributed by atoms with van der Waals surface area (Å²) in [5.41, 5.74) is 0. The van der Waals surface area contributed by atoms with Crippen LogP contribution in [0.5, 0.6) is 0 Å². The standard InChI is InChI=1S/C12H19NO3/c1-7(6-14)8(2)13-11(15)9-4-3-5-10(9)12(13)16/h7-10,14H,3-6H2,1-2H3. The Morgan fingerprint density at radius 1 is 1.25 bits per heavy atom. The molecule has 0 bridgehead atoms. The second-order valence-corrected chi connectivity index (χ2v) is 5.09. The zero-order chi connectivity index (χ0) is 11.9. The van der Waals surface area contributed by atoms with Gasteiger partial charge in [0, 0.05) is 12.6 Å². The summed E-state index contributed by atoms with van der Waals surface area (Å²) in [5.74, 6) is -0.214. The molecule has 1 N–H and O–H groups in total. The molecule has 0 spiro atoms. The Bertz CT molecular complexity index is 293. The number of likely N-dealkylation sites (tertiary alicyclic amines) is 1. The first-order valence-corrected chi connectivity index (χ1v) is 6.05. The summed E-state index contributed by atoms with van der Waals surface area (Å²) in [7, 11) is 0. The zero-order valence-electron chi connectivity index (χ0n) is 9.85. The Morgan fingerprint density at radius 3 is 2.19 bits per heavy atom. The summed E-state index contributed by atoms with van der Waals surface area (Å²) in [6, 6.07) is -0.185. The average Bonchev–Trinajstić information content (AvgIpc) is 2.83. The molecule has 90 valence electrons. The van der Waals surface area contributed by atoms with Crippen molar-refractivity contribution in [2.24, 2.45) is 17.8 Å². The van der Waals surface area contributed by atoms with Crippen LogP contribution in [0.4, 0.5) is 0 Å². The fraction of sp³-hybridized carbons (Fsp3) is 0.833. The van der Waals surface area contributed by atoms with Crippen LogP contribution in [0, 0.1) is 17.8 Å². The third kappa shape index (κ3) is 1.56. The van der Waals surface area contributed by atoms with Crippen molar-refractivity contribution in [1.29, 1.82) is 0 Å². The molecule has 1 aliphatic carbocycles. The molecule has 2 rings (SSSR count). The van der Waals surface area contributed by atoms with Gasteiger partial charge in [0.05, 0.1) is 11.8 Å². The fourth-order valence-corrected chi connectivity index (χ4v) is 2.83. The number of carbonyl (C=O) groups is 2. The molecule has 1 heterocycles. The maximum absolute atomic E-state index is 12.1. The highest BCUT2D eigenvalue weighted by Crippen LogP contribution is 2.41. The van der Waals surface area contributed by atoms with E-state index in [1.165, 1.54) is 4.90 Å². The van der Waals surface area contributed by atoms with Gasteiger partial charge in [0.1, 0.15) is 0 Å². The Balaban J connectivity index is 2.17. The third-order valence-corrected chi connectivity index (χ3v) is 4.14. The second-order valence-electron chi connectivity index (χ2n) is 5.09. The largest absolute Gasteiger partial charge is 0.396 e. The first-order valence-electron chi connectivity index (χ1n) is 6.05. The SMILES string of the molecule is CC(CO)C(C)N1C(=O)C2CCCC2C1=O. The minimum Gasteiger partial charge on any atom is -0.396 e. The van der Waals surface area contributed by atoms with Crippen molar-refractivity contribution in [3.8, 4) is 0 Å². The lowest BCUT2D eigenvalue weighted by molar-refractivity contribution is -0.144. The molecule has 0 radical (unpaired) electrons. The molecule has 2 fully saturated rings. The topological polar surface area (TPSA) is 57.6 Å². The van der Waals surface area contributed by atoms with Crippen molar-refractivity contribution >= 4 is 11.8 Å². The normalized spacial score (nSPS) is 33.1. The van der Waals surface area contributed by atoms with E-state index < -0.39 is 0 Å². The van der Waals surface area contributed by atoms with Gasteiger partial charge in [-0.15, -0.1) is 0 Å². The van der Waals surface area contributed by atoms with E-state index in [2.05, 4.69) is 0 Å². The molecular formula is C12H19NO3. The number of aliphatic hydroxyl groups is 1. The summed E-state index contributed by atoms with van der Waals surface area (Å²) >= 11 is 0. The van der Waals surface area contributed by atoms with Crippen LogP contribution in [0.1, 0.15) is 33.1 Å². The molecule has 4 nitrogen and oxygen atoms in total. The number of aliphatic hydroxyl groups excluding tert-OH is 1. The van der Waals surface area contributed by atoms with E-state index in [4.69, 9.17) is 5.11 Å². The number of carbonyl (C=O) groups excluding carboxylic acids is 2. The molecule has 1 saturated heterocycles. The molecule has 0 aromatic rings. The average molecular weight is 225 g/mol. The van der Waals surface area contributed by atoms with E-state index in [1.807, 2.05) is 13.8 Å². The number of nitrogens with zero attached hydrogens (tertiary/aromatic N) is 1. The van der Waals surface area contributed by atoms with Crippen LogP contribution in [-0.2, 0) is 9.59 Å². The Hall–Kier alpha value is -0.900. The van der Waals surface area contributed by atoms with Crippen LogP contribution in [0.2, 0.25) is 0 Å². The highest BCUT2D eigenvalue weighted by molar-refractivity contribution is 6.05. The van der Waals surface area contributed by atoms with Crippen molar-refractivity contribution in [2.75, 3.05) is 6.61 Å². The summed E-state index contributed by atoms with van der Waals surface area (Å²) in [6.45, 7) is 3.71. The van der Waals surface area contributed by atoms with Gasteiger partial charge in [0.2, 0.25) is 11.8 Å². The number of rotatable bonds is 3. The first-order chi connectivity index (χ1) is 7.57. The molecule has 1 aliphatic heterocycles. The van der Waals surface area contributed by atoms with Crippen LogP contribution in [0.25, 0.3) is 0 Å². The number of amides is 2.